The Balaban J connectivity index is 3.11. The number of aldehydes is 1. The second-order valence-electron chi connectivity index (χ2n) is 5.43. The van der Waals surface area contributed by atoms with Crippen LogP contribution in [-0.2, 0) is 4.79 Å². The zero-order valence-corrected chi connectivity index (χ0v) is 12.5. The molecule has 0 aliphatic heterocycles. The molecular weight excluding hydrogens is 220 g/mol. The summed E-state index contributed by atoms with van der Waals surface area (Å²) in [5.41, 5.74) is 0. The molecule has 0 aromatic heterocycles. The Bertz CT molecular complexity index is 196. The third kappa shape index (κ3) is 13.5. The van der Waals surface area contributed by atoms with Crippen molar-refractivity contribution in [3.63, 3.8) is 0 Å². The summed E-state index contributed by atoms with van der Waals surface area (Å²) in [6, 6.07) is 0. The Morgan fingerprint density at radius 1 is 0.833 bits per heavy atom. The van der Waals surface area contributed by atoms with Crippen molar-refractivity contribution >= 4 is 6.29 Å². The van der Waals surface area contributed by atoms with E-state index >= 15 is 0 Å². The average Bonchev–Trinajstić information content (AvgIpc) is 2.39. The number of hydrogen-bond donors (Lipinski definition) is 0. The molecule has 0 saturated heterocycles. The number of carbonyl (C=O) groups is 1. The Labute approximate surface area is 114 Å². The van der Waals surface area contributed by atoms with Crippen LogP contribution in [0.2, 0.25) is 0 Å². The van der Waals surface area contributed by atoms with Crippen LogP contribution in [0.5, 0.6) is 0 Å². The van der Waals surface area contributed by atoms with Crippen LogP contribution >= 0.6 is 0 Å². The number of unbranched alkanes of at least 4 members (excludes halogenated alkanes) is 7. The van der Waals surface area contributed by atoms with Gasteiger partial charge < -0.3 is 4.79 Å². The van der Waals surface area contributed by atoms with Gasteiger partial charge in [0.15, 0.2) is 0 Å². The van der Waals surface area contributed by atoms with Crippen LogP contribution in [0.15, 0.2) is 12.2 Å². The van der Waals surface area contributed by atoms with Gasteiger partial charge >= 0.3 is 0 Å². The lowest BCUT2D eigenvalue weighted by atomic mass is 10.0. The molecule has 1 heteroatoms. The molecule has 0 rings (SSSR count). The molecule has 1 atom stereocenters. The van der Waals surface area contributed by atoms with Crippen LogP contribution in [0.4, 0.5) is 0 Å². The Kier molecular flexibility index (Phi) is 14.0. The van der Waals surface area contributed by atoms with Crippen molar-refractivity contribution in [1.29, 1.82) is 0 Å². The summed E-state index contributed by atoms with van der Waals surface area (Å²) in [6.45, 7) is 4.63. The van der Waals surface area contributed by atoms with Crippen LogP contribution in [0, 0.1) is 5.92 Å². The highest BCUT2D eigenvalue weighted by atomic mass is 16.1. The zero-order chi connectivity index (χ0) is 13.5. The first-order chi connectivity index (χ1) is 8.81. The summed E-state index contributed by atoms with van der Waals surface area (Å²) in [5.74, 6) is 0.903. The Morgan fingerprint density at radius 2 is 1.39 bits per heavy atom. The molecule has 0 radical (unpaired) electrons. The largest absolute Gasteiger partial charge is 0.303 e. The molecule has 0 spiro atoms. The molecule has 0 aromatic rings. The highest BCUT2D eigenvalue weighted by Gasteiger charge is 1.96. The first-order valence-electron chi connectivity index (χ1n) is 7.89. The van der Waals surface area contributed by atoms with Crippen molar-refractivity contribution < 1.29 is 4.79 Å². The molecule has 0 fully saturated rings. The van der Waals surface area contributed by atoms with Crippen molar-refractivity contribution in [1.82, 2.24) is 0 Å². The molecule has 106 valence electrons. The van der Waals surface area contributed by atoms with E-state index in [1.807, 2.05) is 0 Å². The van der Waals surface area contributed by atoms with Crippen molar-refractivity contribution in [2.24, 2.45) is 5.92 Å². The minimum absolute atomic E-state index is 0.742. The predicted octanol–water partition coefficient (Wildman–Crippen LogP) is 5.69. The van der Waals surface area contributed by atoms with E-state index in [-0.39, 0.29) is 0 Å². The summed E-state index contributed by atoms with van der Waals surface area (Å²) < 4.78 is 0. The van der Waals surface area contributed by atoms with Gasteiger partial charge in [0.05, 0.1) is 0 Å². The lowest BCUT2D eigenvalue weighted by Gasteiger charge is -2.06. The molecule has 0 saturated carbocycles. The first-order valence-corrected chi connectivity index (χ1v) is 7.89. The van der Waals surface area contributed by atoms with E-state index in [0.717, 1.165) is 25.0 Å². The molecular formula is C17H32O. The van der Waals surface area contributed by atoms with Gasteiger partial charge in [-0.15, -0.1) is 0 Å². The summed E-state index contributed by atoms with van der Waals surface area (Å²) in [4.78, 5) is 10.1. The fourth-order valence-electron chi connectivity index (χ4n) is 2.04. The number of rotatable bonds is 13. The van der Waals surface area contributed by atoms with Gasteiger partial charge in [-0.2, -0.15) is 0 Å². The molecule has 1 nitrogen and oxygen atoms in total. The zero-order valence-electron chi connectivity index (χ0n) is 12.5. The second-order valence-corrected chi connectivity index (χ2v) is 5.43. The smallest absolute Gasteiger partial charge is 0.119 e. The van der Waals surface area contributed by atoms with E-state index < -0.39 is 0 Å². The van der Waals surface area contributed by atoms with Gasteiger partial charge in [-0.1, -0.05) is 58.1 Å². The summed E-state index contributed by atoms with van der Waals surface area (Å²) in [6.07, 6.45) is 19.2. The van der Waals surface area contributed by atoms with Gasteiger partial charge in [0.25, 0.3) is 0 Å². The first kappa shape index (κ1) is 17.4. The van der Waals surface area contributed by atoms with Crippen LogP contribution < -0.4 is 0 Å². The number of carbonyl (C=O) groups excluding carboxylic acids is 1. The summed E-state index contributed by atoms with van der Waals surface area (Å²) >= 11 is 0. The third-order valence-corrected chi connectivity index (χ3v) is 3.62. The standard InChI is InChI=1S/C17H32O/c1-3-17(2)15-13-11-9-7-5-4-6-8-10-12-14-16-18/h5,7,16-17H,3-4,6,8-15H2,1-2H3/b7-5-/t17-/m1/s1. The van der Waals surface area contributed by atoms with E-state index in [0.29, 0.717) is 0 Å². The van der Waals surface area contributed by atoms with E-state index in [1.165, 1.54) is 57.8 Å². The van der Waals surface area contributed by atoms with E-state index in [4.69, 9.17) is 0 Å². The van der Waals surface area contributed by atoms with Crippen molar-refractivity contribution in [2.75, 3.05) is 0 Å². The maximum Gasteiger partial charge on any atom is 0.119 e. The van der Waals surface area contributed by atoms with Crippen LogP contribution in [0.3, 0.4) is 0 Å². The highest BCUT2D eigenvalue weighted by molar-refractivity contribution is 5.48. The monoisotopic (exact) mass is 252 g/mol. The van der Waals surface area contributed by atoms with Crippen LogP contribution in [0.25, 0.3) is 0 Å². The highest BCUT2D eigenvalue weighted by Crippen LogP contribution is 2.12. The van der Waals surface area contributed by atoms with Crippen LogP contribution in [0.1, 0.15) is 84.5 Å². The summed E-state index contributed by atoms with van der Waals surface area (Å²) in [7, 11) is 0. The number of hydrogen-bond acceptors (Lipinski definition) is 1. The fraction of sp³-hybridized carbons (Fsp3) is 0.824. The van der Waals surface area contributed by atoms with Crippen LogP contribution in [-0.4, -0.2) is 6.29 Å². The van der Waals surface area contributed by atoms with E-state index in [9.17, 15) is 4.79 Å². The van der Waals surface area contributed by atoms with Gasteiger partial charge in [0, 0.05) is 6.42 Å². The van der Waals surface area contributed by atoms with Crippen molar-refractivity contribution in [3.8, 4) is 0 Å². The minimum Gasteiger partial charge on any atom is -0.303 e. The minimum atomic E-state index is 0.742. The number of allylic oxidation sites excluding steroid dienone is 2. The Morgan fingerprint density at radius 3 is 1.94 bits per heavy atom. The average molecular weight is 252 g/mol. The van der Waals surface area contributed by atoms with Crippen molar-refractivity contribution in [2.45, 2.75) is 84.5 Å². The third-order valence-electron chi connectivity index (χ3n) is 3.62. The maximum absolute atomic E-state index is 10.1. The molecule has 0 unspecified atom stereocenters. The normalized spacial score (nSPS) is 13.0. The molecule has 0 bridgehead atoms. The molecule has 0 heterocycles. The molecule has 0 aliphatic carbocycles. The van der Waals surface area contributed by atoms with E-state index in [1.54, 1.807) is 0 Å². The molecule has 0 aromatic carbocycles. The SMILES string of the molecule is CC[C@@H](C)CCCC/C=C\CCCCCCC=O. The summed E-state index contributed by atoms with van der Waals surface area (Å²) in [5, 5.41) is 0. The van der Waals surface area contributed by atoms with Crippen molar-refractivity contribution in [3.05, 3.63) is 12.2 Å². The van der Waals surface area contributed by atoms with Gasteiger partial charge in [-0.05, 0) is 38.0 Å². The van der Waals surface area contributed by atoms with Gasteiger partial charge in [0.1, 0.15) is 6.29 Å². The lowest BCUT2D eigenvalue weighted by Crippen LogP contribution is -1.90. The maximum atomic E-state index is 10.1. The van der Waals surface area contributed by atoms with Gasteiger partial charge in [-0.3, -0.25) is 0 Å². The second kappa shape index (κ2) is 14.5. The molecule has 0 amide bonds. The lowest BCUT2D eigenvalue weighted by molar-refractivity contribution is -0.107. The molecule has 0 aliphatic rings. The van der Waals surface area contributed by atoms with E-state index in [2.05, 4.69) is 26.0 Å². The van der Waals surface area contributed by atoms with Gasteiger partial charge in [0.2, 0.25) is 0 Å². The Hall–Kier alpha value is -0.590. The topological polar surface area (TPSA) is 17.1 Å². The fourth-order valence-corrected chi connectivity index (χ4v) is 2.04. The molecule has 18 heavy (non-hydrogen) atoms. The predicted molar refractivity (Wildman–Crippen MR) is 80.8 cm³/mol. The van der Waals surface area contributed by atoms with Gasteiger partial charge in [-0.25, -0.2) is 0 Å². The molecule has 0 N–H and O–H groups in total. The quantitative estimate of drug-likeness (QED) is 0.234.